The van der Waals surface area contributed by atoms with Gasteiger partial charge in [-0.1, -0.05) is 6.07 Å². The third-order valence-corrected chi connectivity index (χ3v) is 3.97. The van der Waals surface area contributed by atoms with Crippen molar-refractivity contribution in [3.8, 4) is 0 Å². The molecule has 0 aliphatic carbocycles. The van der Waals surface area contributed by atoms with E-state index in [1.54, 1.807) is 12.1 Å². The van der Waals surface area contributed by atoms with Crippen LogP contribution in [0.5, 0.6) is 0 Å². The Balaban J connectivity index is 1.89. The number of carbonyl (C=O) groups is 1. The van der Waals surface area contributed by atoms with Gasteiger partial charge < -0.3 is 4.74 Å². The van der Waals surface area contributed by atoms with Crippen LogP contribution in [0.25, 0.3) is 0 Å². The standard InChI is InChI=1S/C18H25FN2O2/c1-18(2,3)23-17(22)12-21-9-7-13(8-10-21)15-6-5-14(20-4)11-16(15)19/h5-6,11,13H,4,7-10,12H2,1-3H3. The summed E-state index contributed by atoms with van der Waals surface area (Å²) in [5.41, 5.74) is 0.822. The van der Waals surface area contributed by atoms with E-state index in [0.717, 1.165) is 31.5 Å². The number of halogens is 1. The molecule has 0 aromatic heterocycles. The quantitative estimate of drug-likeness (QED) is 0.628. The van der Waals surface area contributed by atoms with Crippen molar-refractivity contribution in [1.29, 1.82) is 0 Å². The fourth-order valence-electron chi connectivity index (χ4n) is 2.90. The van der Waals surface area contributed by atoms with E-state index in [9.17, 15) is 9.18 Å². The number of rotatable bonds is 4. The lowest BCUT2D eigenvalue weighted by Crippen LogP contribution is -2.39. The van der Waals surface area contributed by atoms with Crippen LogP contribution >= 0.6 is 0 Å². The highest BCUT2D eigenvalue weighted by Crippen LogP contribution is 2.31. The van der Waals surface area contributed by atoms with Gasteiger partial charge in [0.05, 0.1) is 12.2 Å². The largest absolute Gasteiger partial charge is 0.459 e. The van der Waals surface area contributed by atoms with E-state index in [0.29, 0.717) is 12.2 Å². The Morgan fingerprint density at radius 2 is 2.04 bits per heavy atom. The van der Waals surface area contributed by atoms with Gasteiger partial charge in [0.15, 0.2) is 0 Å². The van der Waals surface area contributed by atoms with Crippen molar-refractivity contribution < 1.29 is 13.9 Å². The number of ether oxygens (including phenoxy) is 1. The molecule has 0 amide bonds. The molecule has 0 spiro atoms. The first kappa shape index (κ1) is 17.6. The molecule has 23 heavy (non-hydrogen) atoms. The third kappa shape index (κ3) is 5.13. The lowest BCUT2D eigenvalue weighted by Gasteiger charge is -2.32. The molecule has 1 fully saturated rings. The molecule has 1 heterocycles. The van der Waals surface area contributed by atoms with Crippen molar-refractivity contribution in [3.63, 3.8) is 0 Å². The van der Waals surface area contributed by atoms with Gasteiger partial charge in [-0.25, -0.2) is 4.39 Å². The monoisotopic (exact) mass is 320 g/mol. The summed E-state index contributed by atoms with van der Waals surface area (Å²) in [5.74, 6) is -0.243. The second kappa shape index (κ2) is 7.21. The molecule has 126 valence electrons. The average molecular weight is 320 g/mol. The molecule has 0 unspecified atom stereocenters. The Bertz CT molecular complexity index is 573. The molecule has 5 heteroatoms. The Labute approximate surface area is 137 Å². The second-order valence-corrected chi connectivity index (χ2v) is 7.00. The van der Waals surface area contributed by atoms with Crippen molar-refractivity contribution >= 4 is 18.4 Å². The van der Waals surface area contributed by atoms with Gasteiger partial charge in [0.2, 0.25) is 0 Å². The van der Waals surface area contributed by atoms with Crippen LogP contribution in [0.2, 0.25) is 0 Å². The minimum absolute atomic E-state index is 0.184. The SMILES string of the molecule is C=Nc1ccc(C2CCN(CC(=O)OC(C)(C)C)CC2)c(F)c1. The van der Waals surface area contributed by atoms with Crippen LogP contribution < -0.4 is 0 Å². The molecule has 0 atom stereocenters. The molecule has 1 aromatic carbocycles. The Hall–Kier alpha value is -1.75. The van der Waals surface area contributed by atoms with Gasteiger partial charge >= 0.3 is 5.97 Å². The summed E-state index contributed by atoms with van der Waals surface area (Å²) < 4.78 is 19.5. The maximum absolute atomic E-state index is 14.1. The minimum Gasteiger partial charge on any atom is -0.459 e. The van der Waals surface area contributed by atoms with Crippen LogP contribution in [0.1, 0.15) is 45.1 Å². The van der Waals surface area contributed by atoms with E-state index in [4.69, 9.17) is 4.74 Å². The molecule has 1 aliphatic heterocycles. The van der Waals surface area contributed by atoms with Crippen molar-refractivity contribution in [3.05, 3.63) is 29.6 Å². The maximum Gasteiger partial charge on any atom is 0.320 e. The molecule has 1 saturated heterocycles. The van der Waals surface area contributed by atoms with Gasteiger partial charge in [-0.05, 0) is 77.0 Å². The predicted molar refractivity (Wildman–Crippen MR) is 89.9 cm³/mol. The van der Waals surface area contributed by atoms with Crippen LogP contribution in [-0.2, 0) is 9.53 Å². The summed E-state index contributed by atoms with van der Waals surface area (Å²) in [5, 5.41) is 0. The summed E-state index contributed by atoms with van der Waals surface area (Å²) in [4.78, 5) is 17.7. The number of likely N-dealkylation sites (tertiary alicyclic amines) is 1. The fourth-order valence-corrected chi connectivity index (χ4v) is 2.90. The number of hydrogen-bond acceptors (Lipinski definition) is 4. The van der Waals surface area contributed by atoms with E-state index >= 15 is 0 Å². The number of hydrogen-bond donors (Lipinski definition) is 0. The lowest BCUT2D eigenvalue weighted by atomic mass is 9.89. The van der Waals surface area contributed by atoms with Gasteiger partial charge in [-0.3, -0.25) is 14.7 Å². The summed E-state index contributed by atoms with van der Waals surface area (Å²) in [7, 11) is 0. The molecule has 0 saturated carbocycles. The van der Waals surface area contributed by atoms with E-state index in [2.05, 4.69) is 16.6 Å². The second-order valence-electron chi connectivity index (χ2n) is 7.00. The fraction of sp³-hybridized carbons (Fsp3) is 0.556. The first-order valence-corrected chi connectivity index (χ1v) is 7.99. The Morgan fingerprint density at radius 1 is 1.39 bits per heavy atom. The summed E-state index contributed by atoms with van der Waals surface area (Å²) in [6, 6.07) is 5.02. The highest BCUT2D eigenvalue weighted by molar-refractivity contribution is 5.72. The van der Waals surface area contributed by atoms with Crippen LogP contribution in [0.3, 0.4) is 0 Å². The number of aliphatic imine (C=N–C) groups is 1. The first-order valence-electron chi connectivity index (χ1n) is 7.99. The summed E-state index contributed by atoms with van der Waals surface area (Å²) in [6.07, 6.45) is 1.67. The van der Waals surface area contributed by atoms with E-state index in [1.807, 2.05) is 20.8 Å². The minimum atomic E-state index is -0.459. The van der Waals surface area contributed by atoms with Crippen molar-refractivity contribution in [2.45, 2.75) is 45.1 Å². The van der Waals surface area contributed by atoms with E-state index in [-0.39, 0.29) is 17.7 Å². The van der Waals surface area contributed by atoms with Gasteiger partial charge in [-0.2, -0.15) is 0 Å². The molecule has 0 bridgehead atoms. The zero-order valence-electron chi connectivity index (χ0n) is 14.1. The smallest absolute Gasteiger partial charge is 0.320 e. The molecule has 1 aromatic rings. The average Bonchev–Trinajstić information content (AvgIpc) is 2.46. The predicted octanol–water partition coefficient (Wildman–Crippen LogP) is 3.68. The third-order valence-electron chi connectivity index (χ3n) is 3.97. The van der Waals surface area contributed by atoms with E-state index < -0.39 is 5.60 Å². The number of carbonyl (C=O) groups excluding carboxylic acids is 1. The molecule has 2 rings (SSSR count). The van der Waals surface area contributed by atoms with Crippen LogP contribution in [0, 0.1) is 5.82 Å². The normalized spacial score (nSPS) is 17.0. The number of esters is 1. The van der Waals surface area contributed by atoms with Crippen LogP contribution in [-0.4, -0.2) is 42.8 Å². The number of benzene rings is 1. The highest BCUT2D eigenvalue weighted by Gasteiger charge is 2.25. The number of nitrogens with zero attached hydrogens (tertiary/aromatic N) is 2. The molecular weight excluding hydrogens is 295 g/mol. The Kier molecular flexibility index (Phi) is 5.52. The molecule has 1 aliphatic rings. The van der Waals surface area contributed by atoms with Crippen molar-refractivity contribution in [2.24, 2.45) is 4.99 Å². The first-order chi connectivity index (χ1) is 10.8. The van der Waals surface area contributed by atoms with Gasteiger partial charge in [-0.15, -0.1) is 0 Å². The van der Waals surface area contributed by atoms with Crippen LogP contribution in [0.4, 0.5) is 10.1 Å². The highest BCUT2D eigenvalue weighted by atomic mass is 19.1. The van der Waals surface area contributed by atoms with Gasteiger partial charge in [0, 0.05) is 0 Å². The maximum atomic E-state index is 14.1. The lowest BCUT2D eigenvalue weighted by molar-refractivity contribution is -0.156. The van der Waals surface area contributed by atoms with E-state index in [1.165, 1.54) is 6.07 Å². The van der Waals surface area contributed by atoms with Crippen molar-refractivity contribution in [2.75, 3.05) is 19.6 Å². The van der Waals surface area contributed by atoms with Gasteiger partial charge in [0.25, 0.3) is 0 Å². The molecule has 0 radical (unpaired) electrons. The molecule has 0 N–H and O–H groups in total. The number of piperidine rings is 1. The topological polar surface area (TPSA) is 41.9 Å². The molecular formula is C18H25FN2O2. The Morgan fingerprint density at radius 3 is 2.57 bits per heavy atom. The summed E-state index contributed by atoms with van der Waals surface area (Å²) >= 11 is 0. The van der Waals surface area contributed by atoms with Crippen molar-refractivity contribution in [1.82, 2.24) is 4.90 Å². The zero-order valence-corrected chi connectivity index (χ0v) is 14.1. The van der Waals surface area contributed by atoms with Crippen LogP contribution in [0.15, 0.2) is 23.2 Å². The summed E-state index contributed by atoms with van der Waals surface area (Å²) in [6.45, 7) is 10.8. The molecule has 4 nitrogen and oxygen atoms in total. The zero-order chi connectivity index (χ0) is 17.0. The van der Waals surface area contributed by atoms with Gasteiger partial charge in [0.1, 0.15) is 11.4 Å².